The van der Waals surface area contributed by atoms with Crippen LogP contribution in [0.1, 0.15) is 57.1 Å². The molecule has 2 atom stereocenters. The van der Waals surface area contributed by atoms with Gasteiger partial charge in [0.2, 0.25) is 0 Å². The average molecular weight is 403 g/mol. The van der Waals surface area contributed by atoms with Gasteiger partial charge in [-0.25, -0.2) is 9.69 Å². The van der Waals surface area contributed by atoms with E-state index in [0.717, 1.165) is 62.1 Å². The third-order valence-corrected chi connectivity index (χ3v) is 7.03. The van der Waals surface area contributed by atoms with Crippen LogP contribution in [0.2, 0.25) is 0 Å². The van der Waals surface area contributed by atoms with Crippen LogP contribution in [0.15, 0.2) is 18.2 Å². The first-order chi connectivity index (χ1) is 14.0. The molecule has 3 fully saturated rings. The molecule has 29 heavy (non-hydrogen) atoms. The SMILES string of the molecule is COc1ccc(OC)c([C@H]2CCC[NH+]2CN2C(=O)NC3(CCC(C)CC3)C2=O)c1. The van der Waals surface area contributed by atoms with E-state index in [1.54, 1.807) is 14.2 Å². The van der Waals surface area contributed by atoms with Gasteiger partial charge in [0.05, 0.1) is 26.3 Å². The second-order valence-electron chi connectivity index (χ2n) is 8.80. The van der Waals surface area contributed by atoms with Crippen LogP contribution < -0.4 is 19.7 Å². The summed E-state index contributed by atoms with van der Waals surface area (Å²) < 4.78 is 11.0. The highest BCUT2D eigenvalue weighted by Gasteiger charge is 2.53. The first-order valence-electron chi connectivity index (χ1n) is 10.7. The molecule has 1 aromatic carbocycles. The van der Waals surface area contributed by atoms with Crippen LogP contribution in [0.5, 0.6) is 11.5 Å². The van der Waals surface area contributed by atoms with Crippen molar-refractivity contribution in [2.24, 2.45) is 5.92 Å². The van der Waals surface area contributed by atoms with E-state index in [4.69, 9.17) is 9.47 Å². The van der Waals surface area contributed by atoms with Gasteiger partial charge in [-0.15, -0.1) is 0 Å². The summed E-state index contributed by atoms with van der Waals surface area (Å²) in [4.78, 5) is 28.6. The van der Waals surface area contributed by atoms with Crippen molar-refractivity contribution in [1.82, 2.24) is 10.2 Å². The van der Waals surface area contributed by atoms with Crippen LogP contribution in [0.4, 0.5) is 4.79 Å². The van der Waals surface area contributed by atoms with Crippen molar-refractivity contribution in [1.29, 1.82) is 0 Å². The van der Waals surface area contributed by atoms with Crippen LogP contribution in [0.25, 0.3) is 0 Å². The van der Waals surface area contributed by atoms with Gasteiger partial charge in [-0.2, -0.15) is 0 Å². The van der Waals surface area contributed by atoms with Crippen molar-refractivity contribution in [3.63, 3.8) is 0 Å². The van der Waals surface area contributed by atoms with Gasteiger partial charge in [0.1, 0.15) is 23.1 Å². The maximum atomic E-state index is 13.2. The number of likely N-dealkylation sites (tertiary alicyclic amines) is 1. The Morgan fingerprint density at radius 3 is 2.62 bits per heavy atom. The van der Waals surface area contributed by atoms with E-state index < -0.39 is 5.54 Å². The molecule has 0 radical (unpaired) electrons. The fraction of sp³-hybridized carbons (Fsp3) is 0.636. The van der Waals surface area contributed by atoms with Crippen LogP contribution in [-0.4, -0.2) is 49.8 Å². The van der Waals surface area contributed by atoms with Gasteiger partial charge < -0.3 is 19.7 Å². The predicted molar refractivity (Wildman–Crippen MR) is 108 cm³/mol. The van der Waals surface area contributed by atoms with Crippen molar-refractivity contribution in [2.75, 3.05) is 27.4 Å². The molecule has 3 amide bonds. The quantitative estimate of drug-likeness (QED) is 0.738. The van der Waals surface area contributed by atoms with Gasteiger partial charge in [0.15, 0.2) is 6.67 Å². The smallest absolute Gasteiger partial charge is 0.329 e. The fourth-order valence-corrected chi connectivity index (χ4v) is 5.20. The van der Waals surface area contributed by atoms with Crippen molar-refractivity contribution in [3.8, 4) is 11.5 Å². The lowest BCUT2D eigenvalue weighted by Crippen LogP contribution is -3.12. The summed E-state index contributed by atoms with van der Waals surface area (Å²) in [6, 6.07) is 5.77. The van der Waals surface area contributed by atoms with E-state index >= 15 is 0 Å². The first kappa shape index (κ1) is 20.0. The number of benzene rings is 1. The Kier molecular flexibility index (Phi) is 5.42. The molecule has 7 nitrogen and oxygen atoms in total. The average Bonchev–Trinajstić information content (AvgIpc) is 3.28. The third-order valence-electron chi connectivity index (χ3n) is 7.03. The van der Waals surface area contributed by atoms with E-state index in [1.807, 2.05) is 18.2 Å². The van der Waals surface area contributed by atoms with Crippen LogP contribution >= 0.6 is 0 Å². The normalized spacial score (nSPS) is 32.0. The summed E-state index contributed by atoms with van der Waals surface area (Å²) >= 11 is 0. The Labute approximate surface area is 172 Å². The molecular weight excluding hydrogens is 370 g/mol. The molecule has 0 bridgehead atoms. The van der Waals surface area contributed by atoms with Crippen molar-refractivity contribution in [2.45, 2.75) is 57.0 Å². The predicted octanol–water partition coefficient (Wildman–Crippen LogP) is 1.88. The molecule has 4 rings (SSSR count). The number of nitrogens with zero attached hydrogens (tertiary/aromatic N) is 1. The van der Waals surface area contributed by atoms with E-state index in [9.17, 15) is 9.59 Å². The standard InChI is InChI=1S/C22H31N3O4/c1-15-8-10-22(11-9-15)20(26)25(21(27)23-22)14-24-12-4-5-18(24)17-13-16(28-2)6-7-19(17)29-3/h6-7,13,15,18H,4-5,8-12,14H2,1-3H3,(H,23,27)/p+1/t15?,18-,22?/m1/s1. The number of nitrogens with one attached hydrogen (secondary N) is 2. The fourth-order valence-electron chi connectivity index (χ4n) is 5.20. The number of carbonyl (C=O) groups is 2. The molecule has 2 saturated heterocycles. The Bertz CT molecular complexity index is 788. The summed E-state index contributed by atoms with van der Waals surface area (Å²) in [5.74, 6) is 2.20. The topological polar surface area (TPSA) is 72.3 Å². The minimum Gasteiger partial charge on any atom is -0.497 e. The lowest BCUT2D eigenvalue weighted by atomic mass is 9.77. The zero-order valence-electron chi connectivity index (χ0n) is 17.6. The number of hydrogen-bond donors (Lipinski definition) is 2. The number of ether oxygens (including phenoxy) is 2. The van der Waals surface area contributed by atoms with Gasteiger partial charge in [-0.1, -0.05) is 6.92 Å². The zero-order chi connectivity index (χ0) is 20.6. The van der Waals surface area contributed by atoms with Gasteiger partial charge >= 0.3 is 6.03 Å². The number of methoxy groups -OCH3 is 2. The third kappa shape index (κ3) is 3.56. The van der Waals surface area contributed by atoms with E-state index in [-0.39, 0.29) is 18.0 Å². The van der Waals surface area contributed by atoms with Crippen molar-refractivity contribution < 1.29 is 24.0 Å². The second-order valence-corrected chi connectivity index (χ2v) is 8.80. The van der Waals surface area contributed by atoms with E-state index in [1.165, 1.54) is 9.80 Å². The summed E-state index contributed by atoms with van der Waals surface area (Å²) in [7, 11) is 3.33. The molecule has 2 heterocycles. The minimum atomic E-state index is -0.675. The number of rotatable bonds is 5. The lowest BCUT2D eigenvalue weighted by molar-refractivity contribution is -0.925. The number of carbonyl (C=O) groups excluding carboxylic acids is 2. The highest BCUT2D eigenvalue weighted by molar-refractivity contribution is 6.06. The molecule has 2 N–H and O–H groups in total. The molecule has 1 aliphatic carbocycles. The Balaban J connectivity index is 1.53. The first-order valence-corrected chi connectivity index (χ1v) is 10.7. The zero-order valence-corrected chi connectivity index (χ0v) is 17.6. The summed E-state index contributed by atoms with van der Waals surface area (Å²) in [6.07, 6.45) is 5.51. The van der Waals surface area contributed by atoms with Gasteiger partial charge in [0.25, 0.3) is 5.91 Å². The van der Waals surface area contributed by atoms with Crippen LogP contribution in [0.3, 0.4) is 0 Å². The number of quaternary nitrogens is 1. The largest absolute Gasteiger partial charge is 0.497 e. The maximum absolute atomic E-state index is 13.2. The molecule has 1 saturated carbocycles. The highest BCUT2D eigenvalue weighted by atomic mass is 16.5. The lowest BCUT2D eigenvalue weighted by Gasteiger charge is -2.33. The van der Waals surface area contributed by atoms with Crippen molar-refractivity contribution >= 4 is 11.9 Å². The minimum absolute atomic E-state index is 0.0369. The summed E-state index contributed by atoms with van der Waals surface area (Å²) in [6.45, 7) is 3.53. The monoisotopic (exact) mass is 402 g/mol. The van der Waals surface area contributed by atoms with Gasteiger partial charge in [-0.3, -0.25) is 4.79 Å². The molecule has 0 aromatic heterocycles. The van der Waals surface area contributed by atoms with E-state index in [0.29, 0.717) is 12.6 Å². The molecule has 2 aliphatic heterocycles. The van der Waals surface area contributed by atoms with Crippen LogP contribution in [-0.2, 0) is 4.79 Å². The molecule has 1 aromatic rings. The molecule has 3 aliphatic rings. The molecule has 7 heteroatoms. The molecule has 158 valence electrons. The maximum Gasteiger partial charge on any atom is 0.329 e. The van der Waals surface area contributed by atoms with Crippen LogP contribution in [0, 0.1) is 5.92 Å². The number of imide groups is 1. The van der Waals surface area contributed by atoms with Gasteiger partial charge in [-0.05, 0) is 49.8 Å². The molecular formula is C22H32N3O4+. The second kappa shape index (κ2) is 7.86. The van der Waals surface area contributed by atoms with Crippen molar-refractivity contribution in [3.05, 3.63) is 23.8 Å². The Morgan fingerprint density at radius 1 is 1.17 bits per heavy atom. The Morgan fingerprint density at radius 2 is 1.93 bits per heavy atom. The Hall–Kier alpha value is -2.28. The van der Waals surface area contributed by atoms with Gasteiger partial charge in [0, 0.05) is 12.8 Å². The summed E-state index contributed by atoms with van der Waals surface area (Å²) in [5.41, 5.74) is 0.402. The van der Waals surface area contributed by atoms with E-state index in [2.05, 4.69) is 12.2 Å². The summed E-state index contributed by atoms with van der Waals surface area (Å²) in [5, 5.41) is 3.04. The number of hydrogen-bond acceptors (Lipinski definition) is 4. The number of amides is 3. The number of urea groups is 1. The highest BCUT2D eigenvalue weighted by Crippen LogP contribution is 2.36. The molecule has 1 unspecified atom stereocenters. The molecule has 1 spiro atoms.